The van der Waals surface area contributed by atoms with Crippen LogP contribution in [0.3, 0.4) is 0 Å². The molecule has 0 spiro atoms. The molecule has 4 aromatic rings. The summed E-state index contributed by atoms with van der Waals surface area (Å²) in [5, 5.41) is 14.2. The highest BCUT2D eigenvalue weighted by Crippen LogP contribution is 2.15. The molecule has 0 saturated carbocycles. The van der Waals surface area contributed by atoms with E-state index in [9.17, 15) is 13.6 Å². The molecule has 0 aliphatic heterocycles. The van der Waals surface area contributed by atoms with Gasteiger partial charge in [-0.2, -0.15) is 4.98 Å². The number of hydrogen-bond acceptors (Lipinski definition) is 6. The molecule has 2 aromatic heterocycles. The van der Waals surface area contributed by atoms with Crippen molar-refractivity contribution in [2.75, 3.05) is 0 Å². The second-order valence-corrected chi connectivity index (χ2v) is 5.76. The first-order valence-electron chi connectivity index (χ1n) is 8.13. The number of hydrogen-bond donors (Lipinski definition) is 1. The molecule has 28 heavy (non-hydrogen) atoms. The first-order chi connectivity index (χ1) is 13.6. The molecular weight excluding hydrogens is 370 g/mol. The van der Waals surface area contributed by atoms with Crippen LogP contribution in [0.5, 0.6) is 0 Å². The maximum absolute atomic E-state index is 13.0. The fourth-order valence-corrected chi connectivity index (χ4v) is 2.37. The smallest absolute Gasteiger partial charge is 0.316 e. The number of halogens is 2. The second kappa shape index (κ2) is 7.35. The van der Waals surface area contributed by atoms with E-state index in [1.807, 2.05) is 0 Å². The zero-order valence-corrected chi connectivity index (χ0v) is 14.2. The molecule has 0 fully saturated rings. The predicted molar refractivity (Wildman–Crippen MR) is 92.2 cm³/mol. The number of carbonyl (C=O) groups excluding carboxylic acids is 1. The van der Waals surface area contributed by atoms with Gasteiger partial charge in [0, 0.05) is 6.54 Å². The third kappa shape index (κ3) is 3.75. The van der Waals surface area contributed by atoms with Crippen LogP contribution in [0.25, 0.3) is 17.2 Å². The first kappa shape index (κ1) is 17.5. The number of nitrogens with zero attached hydrogens (tertiary/aromatic N) is 5. The lowest BCUT2D eigenvalue weighted by molar-refractivity contribution is 0.0907. The summed E-state index contributed by atoms with van der Waals surface area (Å²) in [5.41, 5.74) is 1.60. The van der Waals surface area contributed by atoms with Crippen LogP contribution >= 0.6 is 0 Å². The van der Waals surface area contributed by atoms with Crippen LogP contribution in [0.4, 0.5) is 8.78 Å². The number of benzene rings is 2. The molecule has 1 N–H and O–H groups in total. The summed E-state index contributed by atoms with van der Waals surface area (Å²) in [6.07, 6.45) is 1.53. The summed E-state index contributed by atoms with van der Waals surface area (Å²) in [4.78, 5) is 16.1. The fraction of sp³-hybridized carbons (Fsp3) is 0.0556. The lowest BCUT2D eigenvalue weighted by Gasteiger charge is -2.01. The highest BCUT2D eigenvalue weighted by Gasteiger charge is 2.18. The van der Waals surface area contributed by atoms with Gasteiger partial charge >= 0.3 is 11.8 Å². The summed E-state index contributed by atoms with van der Waals surface area (Å²) in [6.45, 7) is 0.178. The molecule has 0 aliphatic rings. The van der Waals surface area contributed by atoms with Crippen LogP contribution in [0.15, 0.2) is 59.3 Å². The molecule has 0 saturated heterocycles. The van der Waals surface area contributed by atoms with Crippen molar-refractivity contribution in [3.05, 3.63) is 77.8 Å². The van der Waals surface area contributed by atoms with Crippen molar-refractivity contribution in [3.63, 3.8) is 0 Å². The number of amides is 1. The maximum atomic E-state index is 13.0. The average Bonchev–Trinajstić information content (AvgIpc) is 3.37. The molecule has 0 unspecified atom stereocenters. The molecule has 0 atom stereocenters. The molecule has 4 rings (SSSR count). The van der Waals surface area contributed by atoms with Crippen LogP contribution in [0, 0.1) is 11.6 Å². The normalized spacial score (nSPS) is 10.8. The molecule has 2 aromatic carbocycles. The summed E-state index contributed by atoms with van der Waals surface area (Å²) in [5.74, 6) is -1.45. The van der Waals surface area contributed by atoms with Gasteiger partial charge in [0.2, 0.25) is 5.82 Å². The van der Waals surface area contributed by atoms with E-state index in [0.717, 1.165) is 5.56 Å². The van der Waals surface area contributed by atoms with E-state index in [4.69, 9.17) is 4.52 Å². The standard InChI is InChI=1S/C18H12F2N6O2/c19-12-3-1-11(2-4-12)9-21-17(27)18-22-16(24-28-18)15-10-26(25-23-15)14-7-5-13(20)6-8-14/h1-8,10H,9H2,(H,21,27). The van der Waals surface area contributed by atoms with Crippen molar-refractivity contribution in [1.82, 2.24) is 30.5 Å². The van der Waals surface area contributed by atoms with E-state index in [1.54, 1.807) is 24.3 Å². The van der Waals surface area contributed by atoms with Gasteiger partial charge in [0.15, 0.2) is 5.69 Å². The molecular formula is C18H12F2N6O2. The quantitative estimate of drug-likeness (QED) is 0.570. The minimum absolute atomic E-state index is 0.0836. The van der Waals surface area contributed by atoms with Crippen LogP contribution in [0.1, 0.15) is 16.2 Å². The van der Waals surface area contributed by atoms with Gasteiger partial charge in [-0.3, -0.25) is 4.79 Å². The summed E-state index contributed by atoms with van der Waals surface area (Å²) >= 11 is 0. The lowest BCUT2D eigenvalue weighted by atomic mass is 10.2. The van der Waals surface area contributed by atoms with Gasteiger partial charge in [-0.05, 0) is 42.0 Å². The number of rotatable bonds is 5. The minimum Gasteiger partial charge on any atom is -0.344 e. The Kier molecular flexibility index (Phi) is 4.58. The predicted octanol–water partition coefficient (Wildman–Crippen LogP) is 2.53. The molecule has 0 radical (unpaired) electrons. The first-order valence-corrected chi connectivity index (χ1v) is 8.13. The minimum atomic E-state index is -0.575. The van der Waals surface area contributed by atoms with Gasteiger partial charge in [0.25, 0.3) is 0 Å². The van der Waals surface area contributed by atoms with Crippen molar-refractivity contribution < 1.29 is 18.1 Å². The Bertz CT molecular complexity index is 1110. The Balaban J connectivity index is 1.44. The Morgan fingerprint density at radius 1 is 1.04 bits per heavy atom. The molecule has 10 heteroatoms. The summed E-state index contributed by atoms with van der Waals surface area (Å²) < 4.78 is 32.3. The van der Waals surface area contributed by atoms with E-state index in [-0.39, 0.29) is 35.6 Å². The largest absolute Gasteiger partial charge is 0.344 e. The van der Waals surface area contributed by atoms with E-state index in [0.29, 0.717) is 5.69 Å². The van der Waals surface area contributed by atoms with Gasteiger partial charge in [-0.1, -0.05) is 22.5 Å². The third-order valence-corrected chi connectivity index (χ3v) is 3.80. The second-order valence-electron chi connectivity index (χ2n) is 5.76. The van der Waals surface area contributed by atoms with Crippen LogP contribution in [0.2, 0.25) is 0 Å². The highest BCUT2D eigenvalue weighted by molar-refractivity contribution is 5.89. The van der Waals surface area contributed by atoms with Crippen molar-refractivity contribution >= 4 is 5.91 Å². The molecule has 2 heterocycles. The van der Waals surface area contributed by atoms with Crippen molar-refractivity contribution in [3.8, 4) is 17.2 Å². The monoisotopic (exact) mass is 382 g/mol. The SMILES string of the molecule is O=C(NCc1ccc(F)cc1)c1nc(-c2cn(-c3ccc(F)cc3)nn2)no1. The van der Waals surface area contributed by atoms with E-state index in [1.165, 1.54) is 35.1 Å². The van der Waals surface area contributed by atoms with E-state index >= 15 is 0 Å². The summed E-state index contributed by atoms with van der Waals surface area (Å²) in [7, 11) is 0. The van der Waals surface area contributed by atoms with E-state index in [2.05, 4.69) is 25.8 Å². The molecule has 0 bridgehead atoms. The molecule has 8 nitrogen and oxygen atoms in total. The Hall–Kier alpha value is -3.95. The zero-order chi connectivity index (χ0) is 19.5. The number of carbonyl (C=O) groups is 1. The van der Waals surface area contributed by atoms with E-state index < -0.39 is 5.91 Å². The maximum Gasteiger partial charge on any atom is 0.316 e. The molecule has 0 aliphatic carbocycles. The van der Waals surface area contributed by atoms with Gasteiger partial charge in [0.1, 0.15) is 11.6 Å². The lowest BCUT2D eigenvalue weighted by Crippen LogP contribution is -2.23. The zero-order valence-electron chi connectivity index (χ0n) is 14.2. The van der Waals surface area contributed by atoms with Crippen LogP contribution in [-0.4, -0.2) is 31.0 Å². The van der Waals surface area contributed by atoms with Gasteiger partial charge in [-0.25, -0.2) is 13.5 Å². The Labute approximate surface area is 156 Å². The summed E-state index contributed by atoms with van der Waals surface area (Å²) in [6, 6.07) is 11.4. The molecule has 140 valence electrons. The number of nitrogens with one attached hydrogen (secondary N) is 1. The molecule has 1 amide bonds. The topological polar surface area (TPSA) is 98.7 Å². The van der Waals surface area contributed by atoms with Crippen molar-refractivity contribution in [2.24, 2.45) is 0 Å². The van der Waals surface area contributed by atoms with Gasteiger partial charge in [0.05, 0.1) is 11.9 Å². The average molecular weight is 382 g/mol. The van der Waals surface area contributed by atoms with Gasteiger partial charge in [-0.15, -0.1) is 5.10 Å². The van der Waals surface area contributed by atoms with Gasteiger partial charge < -0.3 is 9.84 Å². The Morgan fingerprint density at radius 3 is 2.43 bits per heavy atom. The van der Waals surface area contributed by atoms with Crippen molar-refractivity contribution in [1.29, 1.82) is 0 Å². The van der Waals surface area contributed by atoms with Crippen molar-refractivity contribution in [2.45, 2.75) is 6.54 Å². The van der Waals surface area contributed by atoms with Crippen LogP contribution in [-0.2, 0) is 6.54 Å². The highest BCUT2D eigenvalue weighted by atomic mass is 19.1. The van der Waals surface area contributed by atoms with Crippen LogP contribution < -0.4 is 5.32 Å². The Morgan fingerprint density at radius 2 is 1.71 bits per heavy atom. The number of aromatic nitrogens is 5. The third-order valence-electron chi connectivity index (χ3n) is 3.80. The fourth-order valence-electron chi connectivity index (χ4n) is 2.37.